The number of carbonyl (C=O) groups excluding carboxylic acids is 1. The van der Waals surface area contributed by atoms with Gasteiger partial charge in [0.05, 0.1) is 10.6 Å². The summed E-state index contributed by atoms with van der Waals surface area (Å²) in [6.45, 7) is 0. The van der Waals surface area contributed by atoms with E-state index in [4.69, 9.17) is 11.6 Å². The van der Waals surface area contributed by atoms with Crippen molar-refractivity contribution in [2.24, 2.45) is 0 Å². The summed E-state index contributed by atoms with van der Waals surface area (Å²) in [4.78, 5) is 12.0. The summed E-state index contributed by atoms with van der Waals surface area (Å²) in [6, 6.07) is 7.46. The molecule has 1 aliphatic heterocycles. The summed E-state index contributed by atoms with van der Waals surface area (Å²) in [5.74, 6) is -2.00. The number of nitrogens with one attached hydrogen (secondary N) is 1. The summed E-state index contributed by atoms with van der Waals surface area (Å²) in [7, 11) is 0. The van der Waals surface area contributed by atoms with E-state index in [9.17, 15) is 18.0 Å². The van der Waals surface area contributed by atoms with E-state index in [0.29, 0.717) is 0 Å². The molecule has 0 saturated carbocycles. The van der Waals surface area contributed by atoms with Gasteiger partial charge in [0.2, 0.25) is 0 Å². The molecule has 0 atom stereocenters. The lowest BCUT2D eigenvalue weighted by Crippen LogP contribution is -2.25. The average Bonchev–Trinajstić information content (AvgIpc) is 2.71. The topological polar surface area (TPSA) is 47.6 Å². The molecule has 3 rings (SSSR count). The minimum Gasteiger partial charge on any atom is -0.395 e. The maximum absolute atomic E-state index is 13.6. The molecule has 0 bridgehead atoms. The fraction of sp³-hybridized carbons (Fsp3) is 0.0714. The van der Waals surface area contributed by atoms with Crippen molar-refractivity contribution in [2.75, 3.05) is 5.32 Å². The van der Waals surface area contributed by atoms with Gasteiger partial charge in [0.1, 0.15) is 5.82 Å². The largest absolute Gasteiger partial charge is 0.586 e. The predicted molar refractivity (Wildman–Crippen MR) is 72.0 cm³/mol. The minimum absolute atomic E-state index is 0.0650. The van der Waals surface area contributed by atoms with Gasteiger partial charge in [0.15, 0.2) is 11.5 Å². The highest BCUT2D eigenvalue weighted by molar-refractivity contribution is 6.34. The number of carbonyl (C=O) groups is 1. The number of hydrogen-bond acceptors (Lipinski definition) is 3. The zero-order chi connectivity index (χ0) is 15.9. The Morgan fingerprint density at radius 3 is 2.59 bits per heavy atom. The lowest BCUT2D eigenvalue weighted by atomic mass is 10.2. The zero-order valence-electron chi connectivity index (χ0n) is 10.7. The minimum atomic E-state index is -3.75. The van der Waals surface area contributed by atoms with Crippen molar-refractivity contribution >= 4 is 23.2 Å². The van der Waals surface area contributed by atoms with Crippen LogP contribution in [-0.2, 0) is 0 Å². The second-order valence-corrected chi connectivity index (χ2v) is 4.79. The smallest absolute Gasteiger partial charge is 0.395 e. The first kappa shape index (κ1) is 14.5. The molecule has 0 radical (unpaired) electrons. The van der Waals surface area contributed by atoms with Crippen LogP contribution in [-0.4, -0.2) is 12.2 Å². The van der Waals surface area contributed by atoms with Gasteiger partial charge in [-0.3, -0.25) is 4.79 Å². The summed E-state index contributed by atoms with van der Waals surface area (Å²) in [6.07, 6.45) is -3.75. The van der Waals surface area contributed by atoms with Crippen LogP contribution in [0.15, 0.2) is 36.4 Å². The summed E-state index contributed by atoms with van der Waals surface area (Å²) < 4.78 is 47.9. The molecule has 0 aromatic heterocycles. The third-order valence-corrected chi connectivity index (χ3v) is 3.16. The quantitative estimate of drug-likeness (QED) is 0.904. The van der Waals surface area contributed by atoms with Crippen LogP contribution in [0.4, 0.5) is 18.9 Å². The summed E-state index contributed by atoms with van der Waals surface area (Å²) in [5.41, 5.74) is -0.212. The van der Waals surface area contributed by atoms with Crippen molar-refractivity contribution < 1.29 is 27.4 Å². The van der Waals surface area contributed by atoms with Crippen LogP contribution in [0.1, 0.15) is 10.4 Å². The molecule has 2 aromatic carbocycles. The molecule has 114 valence electrons. The summed E-state index contributed by atoms with van der Waals surface area (Å²) in [5, 5.41) is 2.29. The highest BCUT2D eigenvalue weighted by Crippen LogP contribution is 2.42. The van der Waals surface area contributed by atoms with Crippen molar-refractivity contribution in [3.05, 3.63) is 52.8 Å². The molecule has 8 heteroatoms. The molecule has 1 amide bonds. The number of anilines is 1. The third-order valence-electron chi connectivity index (χ3n) is 2.85. The fourth-order valence-corrected chi connectivity index (χ4v) is 2.18. The van der Waals surface area contributed by atoms with Crippen LogP contribution >= 0.6 is 11.6 Å². The van der Waals surface area contributed by atoms with Gasteiger partial charge >= 0.3 is 6.29 Å². The van der Waals surface area contributed by atoms with E-state index in [1.165, 1.54) is 24.3 Å². The van der Waals surface area contributed by atoms with Crippen LogP contribution < -0.4 is 14.8 Å². The van der Waals surface area contributed by atoms with Gasteiger partial charge in [0, 0.05) is 11.8 Å². The number of fused-ring (bicyclic) bond motifs is 1. The number of ether oxygens (including phenoxy) is 2. The molecule has 1 heterocycles. The number of amides is 1. The van der Waals surface area contributed by atoms with Crippen LogP contribution in [0, 0.1) is 5.82 Å². The summed E-state index contributed by atoms with van der Waals surface area (Å²) >= 11 is 5.78. The van der Waals surface area contributed by atoms with Gasteiger partial charge in [-0.25, -0.2) is 4.39 Å². The monoisotopic (exact) mass is 329 g/mol. The third kappa shape index (κ3) is 2.67. The van der Waals surface area contributed by atoms with Crippen LogP contribution in [0.3, 0.4) is 0 Å². The number of hydrogen-bond donors (Lipinski definition) is 1. The maximum atomic E-state index is 13.6. The van der Waals surface area contributed by atoms with Gasteiger partial charge in [-0.05, 0) is 24.3 Å². The predicted octanol–water partition coefficient (Wildman–Crippen LogP) is 4.05. The molecular weight excluding hydrogens is 323 g/mol. The SMILES string of the molecule is O=C(Nc1ccc2c(c1)OC(F)(F)O2)c1c(F)cccc1Cl. The number of halogens is 4. The van der Waals surface area contributed by atoms with Gasteiger partial charge < -0.3 is 14.8 Å². The van der Waals surface area contributed by atoms with Gasteiger partial charge in [-0.15, -0.1) is 8.78 Å². The molecule has 0 saturated heterocycles. The Balaban J connectivity index is 1.85. The number of benzene rings is 2. The Bertz CT molecular complexity index is 747. The normalized spacial score (nSPS) is 14.7. The van der Waals surface area contributed by atoms with Crippen molar-refractivity contribution in [2.45, 2.75) is 6.29 Å². The van der Waals surface area contributed by atoms with E-state index in [2.05, 4.69) is 14.8 Å². The standard InChI is InChI=1S/C14H7ClF3NO3/c15-8-2-1-3-9(16)12(8)13(20)19-7-4-5-10-11(6-7)22-14(17,18)21-10/h1-6H,(H,19,20). The van der Waals surface area contributed by atoms with E-state index >= 15 is 0 Å². The zero-order valence-corrected chi connectivity index (χ0v) is 11.5. The molecule has 0 aliphatic carbocycles. The molecule has 2 aromatic rings. The van der Waals surface area contributed by atoms with E-state index in [0.717, 1.165) is 12.1 Å². The van der Waals surface area contributed by atoms with E-state index in [1.54, 1.807) is 0 Å². The molecule has 1 aliphatic rings. The highest BCUT2D eigenvalue weighted by atomic mass is 35.5. The maximum Gasteiger partial charge on any atom is 0.586 e. The van der Waals surface area contributed by atoms with Crippen molar-refractivity contribution in [3.63, 3.8) is 0 Å². The number of rotatable bonds is 2. The van der Waals surface area contributed by atoms with E-state index in [-0.39, 0.29) is 27.8 Å². The van der Waals surface area contributed by atoms with Crippen molar-refractivity contribution in [1.29, 1.82) is 0 Å². The lowest BCUT2D eigenvalue weighted by molar-refractivity contribution is -0.286. The van der Waals surface area contributed by atoms with E-state index in [1.807, 2.05) is 0 Å². The Hall–Kier alpha value is -2.41. The van der Waals surface area contributed by atoms with Gasteiger partial charge in [-0.2, -0.15) is 0 Å². The molecule has 0 unspecified atom stereocenters. The Morgan fingerprint density at radius 1 is 1.14 bits per heavy atom. The molecule has 0 fully saturated rings. The molecule has 4 nitrogen and oxygen atoms in total. The first-order chi connectivity index (χ1) is 10.4. The second-order valence-electron chi connectivity index (χ2n) is 4.38. The average molecular weight is 330 g/mol. The van der Waals surface area contributed by atoms with Gasteiger partial charge in [0.25, 0.3) is 5.91 Å². The molecule has 0 spiro atoms. The molecule has 1 N–H and O–H groups in total. The van der Waals surface area contributed by atoms with Crippen molar-refractivity contribution in [1.82, 2.24) is 0 Å². The Kier molecular flexibility index (Phi) is 3.37. The Labute approximate surface area is 127 Å². The van der Waals surface area contributed by atoms with Crippen LogP contribution in [0.25, 0.3) is 0 Å². The fourth-order valence-electron chi connectivity index (χ4n) is 1.94. The highest BCUT2D eigenvalue weighted by Gasteiger charge is 2.43. The van der Waals surface area contributed by atoms with Crippen LogP contribution in [0.5, 0.6) is 11.5 Å². The molecular formula is C14H7ClF3NO3. The lowest BCUT2D eigenvalue weighted by Gasteiger charge is -2.08. The van der Waals surface area contributed by atoms with Crippen LogP contribution in [0.2, 0.25) is 5.02 Å². The molecule has 22 heavy (non-hydrogen) atoms. The Morgan fingerprint density at radius 2 is 1.86 bits per heavy atom. The van der Waals surface area contributed by atoms with E-state index < -0.39 is 18.0 Å². The second kappa shape index (κ2) is 5.10. The first-order valence-electron chi connectivity index (χ1n) is 6.01. The first-order valence-corrected chi connectivity index (χ1v) is 6.39. The van der Waals surface area contributed by atoms with Gasteiger partial charge in [-0.1, -0.05) is 17.7 Å². The van der Waals surface area contributed by atoms with Crippen molar-refractivity contribution in [3.8, 4) is 11.5 Å². The number of alkyl halides is 2.